The molecule has 0 spiro atoms. The summed E-state index contributed by atoms with van der Waals surface area (Å²) < 4.78 is 5.24. The lowest BCUT2D eigenvalue weighted by molar-refractivity contribution is 0.0761. The Kier molecular flexibility index (Phi) is 3.08. The summed E-state index contributed by atoms with van der Waals surface area (Å²) in [4.78, 5) is 6.03. The molecule has 0 radical (unpaired) electrons. The predicted octanol–water partition coefficient (Wildman–Crippen LogP) is 0.264. The van der Waals surface area contributed by atoms with Crippen LogP contribution in [0.2, 0.25) is 0 Å². The van der Waals surface area contributed by atoms with Gasteiger partial charge in [-0.1, -0.05) is 0 Å². The van der Waals surface area contributed by atoms with Crippen molar-refractivity contribution >= 4 is 11.5 Å². The van der Waals surface area contributed by atoms with E-state index in [4.69, 9.17) is 21.0 Å². The van der Waals surface area contributed by atoms with Crippen LogP contribution in [0.25, 0.3) is 0 Å². The summed E-state index contributed by atoms with van der Waals surface area (Å²) in [6.07, 6.45) is 1.03. The Morgan fingerprint density at radius 2 is 2.35 bits per heavy atom. The van der Waals surface area contributed by atoms with Crippen LogP contribution in [0.15, 0.2) is 12.3 Å². The van der Waals surface area contributed by atoms with E-state index in [1.165, 1.54) is 6.20 Å². The summed E-state index contributed by atoms with van der Waals surface area (Å²) in [6.45, 7) is 1.49. The monoisotopic (exact) mass is 229 g/mol. The quantitative estimate of drug-likeness (QED) is 0.741. The molecular weight excluding hydrogens is 218 g/mol. The number of aromatic nitrogens is 1. The Balaban J connectivity index is 2.28. The van der Waals surface area contributed by atoms with Gasteiger partial charge in [0.1, 0.15) is 11.9 Å². The summed E-state index contributed by atoms with van der Waals surface area (Å²) in [5.74, 6) is 0.560. The highest BCUT2D eigenvalue weighted by atomic mass is 16.5. The van der Waals surface area contributed by atoms with Crippen molar-refractivity contribution in [3.8, 4) is 12.1 Å². The van der Waals surface area contributed by atoms with Gasteiger partial charge in [-0.15, -0.1) is 0 Å². The van der Waals surface area contributed by atoms with Crippen molar-refractivity contribution in [3.05, 3.63) is 17.8 Å². The van der Waals surface area contributed by atoms with Crippen molar-refractivity contribution < 1.29 is 4.74 Å². The molecule has 0 aliphatic carbocycles. The molecule has 1 atom stereocenters. The zero-order chi connectivity index (χ0) is 12.3. The lowest BCUT2D eigenvalue weighted by atomic mass is 10.2. The normalized spacial score (nSPS) is 19.4. The first-order valence-corrected chi connectivity index (χ1v) is 5.16. The van der Waals surface area contributed by atoms with Crippen LogP contribution in [-0.4, -0.2) is 30.8 Å². The molecule has 0 saturated carbocycles. The Hall–Kier alpha value is -2.31. The minimum absolute atomic E-state index is 0.419. The number of morpholine rings is 1. The Bertz CT molecular complexity index is 502. The first-order valence-electron chi connectivity index (χ1n) is 5.16. The molecule has 0 amide bonds. The van der Waals surface area contributed by atoms with Gasteiger partial charge in [0, 0.05) is 6.54 Å². The van der Waals surface area contributed by atoms with Gasteiger partial charge in [-0.2, -0.15) is 10.5 Å². The maximum atomic E-state index is 9.03. The summed E-state index contributed by atoms with van der Waals surface area (Å²) in [6, 6.07) is 5.69. The van der Waals surface area contributed by atoms with Crippen LogP contribution in [-0.2, 0) is 4.74 Å². The van der Waals surface area contributed by atoms with Gasteiger partial charge in [-0.3, -0.25) is 0 Å². The van der Waals surface area contributed by atoms with Crippen molar-refractivity contribution in [1.29, 1.82) is 10.5 Å². The molecule has 1 aliphatic rings. The van der Waals surface area contributed by atoms with E-state index in [9.17, 15) is 0 Å². The predicted molar refractivity (Wildman–Crippen MR) is 60.9 cm³/mol. The van der Waals surface area contributed by atoms with Gasteiger partial charge in [-0.05, 0) is 6.07 Å². The number of nitrogens with zero attached hydrogens (tertiary/aromatic N) is 4. The molecular formula is C11H11N5O. The highest BCUT2D eigenvalue weighted by Crippen LogP contribution is 2.21. The number of hydrogen-bond donors (Lipinski definition) is 1. The summed E-state index contributed by atoms with van der Waals surface area (Å²) in [5, 5.41) is 17.8. The van der Waals surface area contributed by atoms with E-state index in [1.807, 2.05) is 4.90 Å². The van der Waals surface area contributed by atoms with Gasteiger partial charge in [0.2, 0.25) is 0 Å². The van der Waals surface area contributed by atoms with Crippen molar-refractivity contribution in [2.24, 2.45) is 0 Å². The smallest absolute Gasteiger partial charge is 0.161 e. The van der Waals surface area contributed by atoms with Crippen molar-refractivity contribution in [1.82, 2.24) is 4.98 Å². The van der Waals surface area contributed by atoms with Crippen LogP contribution < -0.4 is 10.6 Å². The molecule has 2 N–H and O–H groups in total. The van der Waals surface area contributed by atoms with Crippen LogP contribution in [0.4, 0.5) is 11.5 Å². The number of anilines is 2. The van der Waals surface area contributed by atoms with E-state index >= 15 is 0 Å². The van der Waals surface area contributed by atoms with Gasteiger partial charge < -0.3 is 15.4 Å². The van der Waals surface area contributed by atoms with Gasteiger partial charge in [0.15, 0.2) is 6.10 Å². The minimum Gasteiger partial charge on any atom is -0.397 e. The molecule has 0 aromatic carbocycles. The zero-order valence-electron chi connectivity index (χ0n) is 9.13. The summed E-state index contributed by atoms with van der Waals surface area (Å²) >= 11 is 0. The topological polar surface area (TPSA) is 99.0 Å². The lowest BCUT2D eigenvalue weighted by Gasteiger charge is -2.31. The number of ether oxygens (including phenoxy) is 1. The Morgan fingerprint density at radius 3 is 3.06 bits per heavy atom. The standard InChI is InChI=1S/C11H11N5O/c12-4-8-3-9(14)6-15-11(8)16-1-2-17-10(5-13)7-16/h3,6,10H,1-2,7,14H2. The summed E-state index contributed by atoms with van der Waals surface area (Å²) in [7, 11) is 0. The first kappa shape index (κ1) is 11.2. The van der Waals surface area contributed by atoms with Crippen molar-refractivity contribution in [2.75, 3.05) is 30.3 Å². The molecule has 1 aromatic heterocycles. The van der Waals surface area contributed by atoms with Gasteiger partial charge in [0.05, 0.1) is 36.7 Å². The molecule has 1 aliphatic heterocycles. The third kappa shape index (κ3) is 2.27. The molecule has 2 heterocycles. The largest absolute Gasteiger partial charge is 0.397 e. The highest BCUT2D eigenvalue weighted by Gasteiger charge is 2.22. The summed E-state index contributed by atoms with van der Waals surface area (Å²) in [5.41, 5.74) is 6.45. The Morgan fingerprint density at radius 1 is 1.53 bits per heavy atom. The van der Waals surface area contributed by atoms with E-state index in [0.717, 1.165) is 0 Å². The molecule has 2 rings (SSSR count). The number of nitriles is 2. The molecule has 1 saturated heterocycles. The van der Waals surface area contributed by atoms with Crippen LogP contribution in [0.3, 0.4) is 0 Å². The molecule has 0 bridgehead atoms. The second-order valence-corrected chi connectivity index (χ2v) is 3.69. The molecule has 1 aromatic rings. The molecule has 17 heavy (non-hydrogen) atoms. The second kappa shape index (κ2) is 4.69. The zero-order valence-corrected chi connectivity index (χ0v) is 9.13. The minimum atomic E-state index is -0.477. The van der Waals surface area contributed by atoms with Gasteiger partial charge in [0.25, 0.3) is 0 Å². The highest BCUT2D eigenvalue weighted by molar-refractivity contribution is 5.59. The number of nitrogen functional groups attached to an aromatic ring is 1. The fourth-order valence-corrected chi connectivity index (χ4v) is 1.73. The van der Waals surface area contributed by atoms with E-state index < -0.39 is 6.10 Å². The third-order valence-corrected chi connectivity index (χ3v) is 2.52. The van der Waals surface area contributed by atoms with Crippen molar-refractivity contribution in [2.45, 2.75) is 6.10 Å². The van der Waals surface area contributed by atoms with Gasteiger partial charge >= 0.3 is 0 Å². The number of nitrogens with two attached hydrogens (primary N) is 1. The van der Waals surface area contributed by atoms with Crippen LogP contribution in [0.5, 0.6) is 0 Å². The van der Waals surface area contributed by atoms with Crippen molar-refractivity contribution in [3.63, 3.8) is 0 Å². The Labute approximate surface area is 98.8 Å². The number of rotatable bonds is 1. The fourth-order valence-electron chi connectivity index (χ4n) is 1.73. The lowest BCUT2D eigenvalue weighted by Crippen LogP contribution is -2.42. The van der Waals surface area contributed by atoms with Crippen LogP contribution >= 0.6 is 0 Å². The molecule has 1 fully saturated rings. The average Bonchev–Trinajstić information content (AvgIpc) is 2.38. The average molecular weight is 229 g/mol. The molecule has 6 nitrogen and oxygen atoms in total. The van der Waals surface area contributed by atoms with E-state index in [0.29, 0.717) is 36.8 Å². The van der Waals surface area contributed by atoms with Crippen LogP contribution in [0.1, 0.15) is 5.56 Å². The number of pyridine rings is 1. The molecule has 1 unspecified atom stereocenters. The first-order chi connectivity index (χ1) is 8.24. The molecule has 86 valence electrons. The maximum Gasteiger partial charge on any atom is 0.161 e. The fraction of sp³-hybridized carbons (Fsp3) is 0.364. The second-order valence-electron chi connectivity index (χ2n) is 3.69. The van der Waals surface area contributed by atoms with E-state index in [-0.39, 0.29) is 0 Å². The van der Waals surface area contributed by atoms with Crippen LogP contribution in [0, 0.1) is 22.7 Å². The maximum absolute atomic E-state index is 9.03. The third-order valence-electron chi connectivity index (χ3n) is 2.52. The van der Waals surface area contributed by atoms with E-state index in [2.05, 4.69) is 17.1 Å². The van der Waals surface area contributed by atoms with Gasteiger partial charge in [-0.25, -0.2) is 4.98 Å². The number of hydrogen-bond acceptors (Lipinski definition) is 6. The van der Waals surface area contributed by atoms with E-state index in [1.54, 1.807) is 6.07 Å². The molecule has 6 heteroatoms. The SMILES string of the molecule is N#Cc1cc(N)cnc1N1CCOC(C#N)C1.